The molecule has 0 bridgehead atoms. The molecular weight excluding hydrogens is 520 g/mol. The van der Waals surface area contributed by atoms with Crippen LogP contribution in [-0.2, 0) is 18.0 Å². The van der Waals surface area contributed by atoms with Crippen molar-refractivity contribution in [1.29, 1.82) is 0 Å². The normalized spacial score (nSPS) is 11.8. The van der Waals surface area contributed by atoms with Crippen LogP contribution < -0.4 is 0 Å². The number of fused-ring (bicyclic) bond motifs is 3. The third kappa shape index (κ3) is 4.81. The molecule has 7 nitrogen and oxygen atoms in total. The van der Waals surface area contributed by atoms with Crippen LogP contribution >= 0.6 is 0 Å². The summed E-state index contributed by atoms with van der Waals surface area (Å²) in [6.07, 6.45) is 1.73. The first-order chi connectivity index (χ1) is 20.8. The Kier molecular flexibility index (Phi) is 6.74. The lowest BCUT2D eigenvalue weighted by Gasteiger charge is -2.13. The van der Waals surface area contributed by atoms with Crippen LogP contribution in [0.5, 0.6) is 0 Å². The van der Waals surface area contributed by atoms with Crippen LogP contribution in [0.25, 0.3) is 39.1 Å². The van der Waals surface area contributed by atoms with Crippen molar-refractivity contribution in [1.82, 2.24) is 24.1 Å². The monoisotopic (exact) mass is 548 g/mol. The zero-order valence-electron chi connectivity index (χ0n) is 23.1. The molecule has 0 amide bonds. The van der Waals surface area contributed by atoms with E-state index in [9.17, 15) is 0 Å². The predicted molar refractivity (Wildman–Crippen MR) is 166 cm³/mol. The highest BCUT2D eigenvalue weighted by molar-refractivity contribution is 6.09. The van der Waals surface area contributed by atoms with Gasteiger partial charge in [-0.15, -0.1) is 5.10 Å². The second-order valence-corrected chi connectivity index (χ2v) is 10.1. The van der Waals surface area contributed by atoms with Gasteiger partial charge < -0.3 is 9.40 Å². The molecule has 7 aromatic rings. The maximum Gasteiger partial charge on any atom is 0.192 e. The summed E-state index contributed by atoms with van der Waals surface area (Å²) in [6, 6.07) is 41.3. The number of nitrogens with zero attached hydrogens (tertiary/aromatic N) is 6. The Bertz CT molecular complexity index is 2000. The molecule has 0 unspecified atom stereocenters. The number of hydrogen-bond acceptors (Lipinski definition) is 5. The van der Waals surface area contributed by atoms with Gasteiger partial charge >= 0.3 is 0 Å². The van der Waals surface area contributed by atoms with Gasteiger partial charge in [-0.1, -0.05) is 126 Å². The van der Waals surface area contributed by atoms with Crippen LogP contribution in [0.4, 0.5) is 0 Å². The SMILES string of the molecule is C/C(=N/OCc1nc2c3c(-c4ccccc4)c(-c4ccccc4)n(Cc4ccccc4)c3ncn2n1)c1ccccc1. The third-order valence-electron chi connectivity index (χ3n) is 7.30. The lowest BCUT2D eigenvalue weighted by atomic mass is 9.99. The van der Waals surface area contributed by atoms with E-state index in [0.717, 1.165) is 50.3 Å². The number of hydrogen-bond donors (Lipinski definition) is 0. The van der Waals surface area contributed by atoms with Crippen molar-refractivity contribution in [2.75, 3.05) is 0 Å². The smallest absolute Gasteiger partial charge is 0.192 e. The van der Waals surface area contributed by atoms with E-state index in [0.29, 0.717) is 12.4 Å². The summed E-state index contributed by atoms with van der Waals surface area (Å²) in [5, 5.41) is 9.95. The molecule has 42 heavy (non-hydrogen) atoms. The molecule has 3 heterocycles. The van der Waals surface area contributed by atoms with Crippen LogP contribution in [0.1, 0.15) is 23.9 Å². The minimum Gasteiger partial charge on any atom is -0.387 e. The Morgan fingerprint density at radius 2 is 1.36 bits per heavy atom. The summed E-state index contributed by atoms with van der Waals surface area (Å²) in [5.74, 6) is 0.532. The molecule has 7 rings (SSSR count). The second kappa shape index (κ2) is 11.1. The summed E-state index contributed by atoms with van der Waals surface area (Å²) in [4.78, 5) is 15.6. The molecule has 0 aliphatic carbocycles. The van der Waals surface area contributed by atoms with Crippen molar-refractivity contribution in [3.8, 4) is 22.4 Å². The van der Waals surface area contributed by atoms with Gasteiger partial charge in [-0.05, 0) is 29.2 Å². The van der Waals surface area contributed by atoms with Crippen molar-refractivity contribution >= 4 is 22.4 Å². The molecule has 204 valence electrons. The van der Waals surface area contributed by atoms with Crippen LogP contribution in [0.15, 0.2) is 133 Å². The fourth-order valence-electron chi connectivity index (χ4n) is 5.36. The fourth-order valence-corrected chi connectivity index (χ4v) is 5.36. The molecule has 0 N–H and O–H groups in total. The first-order valence-electron chi connectivity index (χ1n) is 13.9. The molecule has 0 radical (unpaired) electrons. The molecule has 0 saturated carbocycles. The van der Waals surface area contributed by atoms with Gasteiger partial charge in [0.1, 0.15) is 12.0 Å². The highest BCUT2D eigenvalue weighted by Gasteiger charge is 2.25. The van der Waals surface area contributed by atoms with E-state index in [2.05, 4.69) is 82.5 Å². The first-order valence-corrected chi connectivity index (χ1v) is 13.9. The third-order valence-corrected chi connectivity index (χ3v) is 7.30. The van der Waals surface area contributed by atoms with Gasteiger partial charge in [0.15, 0.2) is 18.1 Å². The van der Waals surface area contributed by atoms with Gasteiger partial charge in [0.2, 0.25) is 0 Å². The largest absolute Gasteiger partial charge is 0.387 e. The van der Waals surface area contributed by atoms with Gasteiger partial charge in [0.05, 0.1) is 16.8 Å². The fraction of sp³-hybridized carbons (Fsp3) is 0.0857. The van der Waals surface area contributed by atoms with Gasteiger partial charge in [-0.3, -0.25) is 0 Å². The highest BCUT2D eigenvalue weighted by atomic mass is 16.6. The van der Waals surface area contributed by atoms with E-state index in [1.54, 1.807) is 10.8 Å². The number of benzene rings is 4. The molecule has 0 aliphatic heterocycles. The molecule has 0 aliphatic rings. The Hall–Kier alpha value is -5.56. The molecular formula is C35H28N6O. The minimum atomic E-state index is 0.143. The Labute approximate surface area is 243 Å². The molecule has 3 aromatic heterocycles. The van der Waals surface area contributed by atoms with E-state index in [4.69, 9.17) is 19.9 Å². The zero-order valence-corrected chi connectivity index (χ0v) is 23.1. The summed E-state index contributed by atoms with van der Waals surface area (Å²) in [5.41, 5.74) is 8.92. The Morgan fingerprint density at radius 1 is 0.738 bits per heavy atom. The van der Waals surface area contributed by atoms with Crippen molar-refractivity contribution in [2.45, 2.75) is 20.1 Å². The minimum absolute atomic E-state index is 0.143. The molecule has 0 saturated heterocycles. The molecule has 7 heteroatoms. The van der Waals surface area contributed by atoms with E-state index < -0.39 is 0 Å². The summed E-state index contributed by atoms with van der Waals surface area (Å²) in [6.45, 7) is 2.73. The maximum absolute atomic E-state index is 5.69. The highest BCUT2D eigenvalue weighted by Crippen LogP contribution is 2.42. The van der Waals surface area contributed by atoms with Crippen molar-refractivity contribution in [3.05, 3.63) is 145 Å². The van der Waals surface area contributed by atoms with Gasteiger partial charge in [0, 0.05) is 12.1 Å². The topological polar surface area (TPSA) is 69.6 Å². The number of aromatic nitrogens is 5. The maximum atomic E-state index is 5.69. The van der Waals surface area contributed by atoms with Crippen LogP contribution in [-0.4, -0.2) is 29.9 Å². The Balaban J connectivity index is 1.40. The molecule has 4 aromatic carbocycles. The van der Waals surface area contributed by atoms with E-state index in [1.807, 2.05) is 55.5 Å². The van der Waals surface area contributed by atoms with Crippen molar-refractivity contribution in [2.24, 2.45) is 5.16 Å². The molecule has 0 fully saturated rings. The van der Waals surface area contributed by atoms with Crippen LogP contribution in [0.2, 0.25) is 0 Å². The quantitative estimate of drug-likeness (QED) is 0.147. The summed E-state index contributed by atoms with van der Waals surface area (Å²) in [7, 11) is 0. The predicted octanol–water partition coefficient (Wildman–Crippen LogP) is 7.40. The molecule has 0 spiro atoms. The lowest BCUT2D eigenvalue weighted by molar-refractivity contribution is 0.125. The summed E-state index contributed by atoms with van der Waals surface area (Å²) < 4.78 is 4.03. The zero-order chi connectivity index (χ0) is 28.3. The lowest BCUT2D eigenvalue weighted by Crippen LogP contribution is -2.03. The Morgan fingerprint density at radius 3 is 2.05 bits per heavy atom. The average Bonchev–Trinajstić information content (AvgIpc) is 3.61. The van der Waals surface area contributed by atoms with Gasteiger partial charge in [-0.2, -0.15) is 0 Å². The average molecular weight is 549 g/mol. The standard InChI is InChI=1S/C35H28N6O/c1-25(27-16-8-3-9-17-27)39-42-23-30-37-35-32-31(28-18-10-4-11-19-28)33(29-20-12-5-13-21-29)40(22-26-14-6-2-7-15-26)34(32)36-24-41(35)38-30/h2-21,24H,22-23H2,1H3/b39-25-. The molecule has 0 atom stereocenters. The van der Waals surface area contributed by atoms with Crippen molar-refractivity contribution in [3.63, 3.8) is 0 Å². The van der Waals surface area contributed by atoms with Gasteiger partial charge in [-0.25, -0.2) is 14.5 Å². The van der Waals surface area contributed by atoms with Crippen molar-refractivity contribution < 1.29 is 4.84 Å². The number of oxime groups is 1. The van der Waals surface area contributed by atoms with E-state index in [-0.39, 0.29) is 6.61 Å². The number of rotatable bonds is 8. The second-order valence-electron chi connectivity index (χ2n) is 10.1. The van der Waals surface area contributed by atoms with Gasteiger partial charge in [0.25, 0.3) is 0 Å². The first kappa shape index (κ1) is 25.4. The summed E-state index contributed by atoms with van der Waals surface area (Å²) >= 11 is 0. The van der Waals surface area contributed by atoms with E-state index >= 15 is 0 Å². The van der Waals surface area contributed by atoms with Crippen LogP contribution in [0, 0.1) is 0 Å². The van der Waals surface area contributed by atoms with E-state index in [1.165, 1.54) is 5.56 Å². The van der Waals surface area contributed by atoms with Crippen LogP contribution in [0.3, 0.4) is 0 Å².